The Hall–Kier alpha value is -1.62. The highest BCUT2D eigenvalue weighted by molar-refractivity contribution is 8.17. The second kappa shape index (κ2) is 17.3. The molecule has 0 aromatic heterocycles. The van der Waals surface area contributed by atoms with Crippen molar-refractivity contribution in [2.45, 2.75) is 49.5 Å². The van der Waals surface area contributed by atoms with Crippen LogP contribution < -0.4 is 5.32 Å². The standard InChI is InChI=1S/C20H29NS2.C2H2O4/c1-4-11-19(12-5-1)13-6-2-8-15-21-16-9-3-7-14-20-22-17-10-18-23-20;3-1(4)2(5)6/h1,4-5,11-12,20-21H,2,6-8,10,13-18H2;(H,3,4)(H,5,6). The van der Waals surface area contributed by atoms with Crippen LogP contribution in [0.4, 0.5) is 0 Å². The summed E-state index contributed by atoms with van der Waals surface area (Å²) in [7, 11) is 0. The summed E-state index contributed by atoms with van der Waals surface area (Å²) in [6, 6.07) is 10.8. The molecule has 0 amide bonds. The van der Waals surface area contributed by atoms with E-state index in [4.69, 9.17) is 19.8 Å². The molecule has 0 bridgehead atoms. The minimum absolute atomic E-state index is 0.802. The molecule has 1 aliphatic heterocycles. The van der Waals surface area contributed by atoms with E-state index in [1.54, 1.807) is 0 Å². The van der Waals surface area contributed by atoms with Gasteiger partial charge in [-0.05, 0) is 55.7 Å². The van der Waals surface area contributed by atoms with E-state index in [2.05, 4.69) is 71.0 Å². The number of benzene rings is 1. The van der Waals surface area contributed by atoms with Crippen LogP contribution in [0.2, 0.25) is 0 Å². The third-order valence-electron chi connectivity index (χ3n) is 4.08. The number of carbonyl (C=O) groups is 2. The highest BCUT2D eigenvalue weighted by Gasteiger charge is 2.12. The zero-order valence-electron chi connectivity index (χ0n) is 16.8. The first-order valence-electron chi connectivity index (χ1n) is 9.99. The normalized spacial score (nSPS) is 13.5. The molecule has 160 valence electrons. The Labute approximate surface area is 182 Å². The Bertz CT molecular complexity index is 625. The first kappa shape index (κ1) is 25.4. The van der Waals surface area contributed by atoms with Crippen molar-refractivity contribution in [3.63, 3.8) is 0 Å². The topological polar surface area (TPSA) is 86.6 Å². The van der Waals surface area contributed by atoms with Crippen LogP contribution in [0.1, 0.15) is 44.1 Å². The van der Waals surface area contributed by atoms with Gasteiger partial charge in [0, 0.05) is 6.42 Å². The summed E-state index contributed by atoms with van der Waals surface area (Å²) in [5.74, 6) is 5.62. The molecule has 0 spiro atoms. The fourth-order valence-corrected chi connectivity index (χ4v) is 5.46. The maximum absolute atomic E-state index is 9.10. The minimum Gasteiger partial charge on any atom is -0.473 e. The first-order valence-corrected chi connectivity index (χ1v) is 12.1. The first-order chi connectivity index (χ1) is 14.1. The lowest BCUT2D eigenvalue weighted by Crippen LogP contribution is -2.15. The van der Waals surface area contributed by atoms with E-state index in [-0.39, 0.29) is 0 Å². The number of thioether (sulfide) groups is 2. The molecule has 0 aliphatic carbocycles. The second-order valence-electron chi connectivity index (χ2n) is 6.50. The number of nitrogens with one attached hydrogen (secondary N) is 1. The summed E-state index contributed by atoms with van der Waals surface area (Å²) in [6.07, 6.45) is 8.74. The molecule has 0 atom stereocenters. The molecular weight excluding hydrogens is 406 g/mol. The number of rotatable bonds is 9. The molecule has 1 saturated heterocycles. The molecule has 1 aromatic carbocycles. The van der Waals surface area contributed by atoms with Crippen LogP contribution in [0.5, 0.6) is 0 Å². The van der Waals surface area contributed by atoms with E-state index >= 15 is 0 Å². The third-order valence-corrected chi connectivity index (χ3v) is 7.16. The SMILES string of the molecule is C(#CCNCCCCCc1ccccc1)CCC1SCCCS1.O=C(O)C(=O)O. The molecule has 0 unspecified atom stereocenters. The number of aliphatic carboxylic acids is 2. The third kappa shape index (κ3) is 15.0. The smallest absolute Gasteiger partial charge is 0.414 e. The molecule has 2 rings (SSSR count). The van der Waals surface area contributed by atoms with Gasteiger partial charge in [-0.1, -0.05) is 42.7 Å². The van der Waals surface area contributed by atoms with Crippen LogP contribution in [-0.4, -0.2) is 51.3 Å². The van der Waals surface area contributed by atoms with Crippen molar-refractivity contribution >= 4 is 35.5 Å². The van der Waals surface area contributed by atoms with E-state index in [0.717, 1.165) is 24.1 Å². The van der Waals surface area contributed by atoms with Crippen molar-refractivity contribution in [1.29, 1.82) is 0 Å². The lowest BCUT2D eigenvalue weighted by atomic mass is 10.1. The Morgan fingerprint density at radius 2 is 1.69 bits per heavy atom. The van der Waals surface area contributed by atoms with Crippen LogP contribution in [-0.2, 0) is 16.0 Å². The van der Waals surface area contributed by atoms with Crippen molar-refractivity contribution < 1.29 is 19.8 Å². The molecular formula is C22H31NO4S2. The van der Waals surface area contributed by atoms with Crippen molar-refractivity contribution in [3.8, 4) is 11.8 Å². The Morgan fingerprint density at radius 3 is 2.34 bits per heavy atom. The lowest BCUT2D eigenvalue weighted by molar-refractivity contribution is -0.159. The fraction of sp³-hybridized carbons (Fsp3) is 0.545. The van der Waals surface area contributed by atoms with E-state index in [0.29, 0.717) is 0 Å². The molecule has 1 heterocycles. The minimum atomic E-state index is -1.82. The summed E-state index contributed by atoms with van der Waals surface area (Å²) in [4.78, 5) is 18.2. The molecule has 1 fully saturated rings. The molecule has 1 aromatic rings. The van der Waals surface area contributed by atoms with Gasteiger partial charge in [0.1, 0.15) is 0 Å². The molecule has 7 heteroatoms. The van der Waals surface area contributed by atoms with Crippen molar-refractivity contribution in [2.75, 3.05) is 24.6 Å². The number of carboxylic acids is 2. The van der Waals surface area contributed by atoms with Crippen LogP contribution in [0.3, 0.4) is 0 Å². The predicted molar refractivity (Wildman–Crippen MR) is 122 cm³/mol. The van der Waals surface area contributed by atoms with Crippen LogP contribution in [0.15, 0.2) is 30.3 Å². The van der Waals surface area contributed by atoms with Gasteiger partial charge >= 0.3 is 11.9 Å². The highest BCUT2D eigenvalue weighted by Crippen LogP contribution is 2.33. The average molecular weight is 438 g/mol. The van der Waals surface area contributed by atoms with E-state index < -0.39 is 11.9 Å². The molecule has 3 N–H and O–H groups in total. The van der Waals surface area contributed by atoms with Gasteiger partial charge < -0.3 is 15.5 Å². The van der Waals surface area contributed by atoms with Gasteiger partial charge in [0.25, 0.3) is 0 Å². The number of unbranched alkanes of at least 4 members (excludes halogenated alkanes) is 2. The van der Waals surface area contributed by atoms with Gasteiger partial charge in [-0.15, -0.1) is 29.4 Å². The summed E-state index contributed by atoms with van der Waals surface area (Å²) >= 11 is 4.24. The Balaban J connectivity index is 0.000000612. The van der Waals surface area contributed by atoms with Crippen LogP contribution in [0, 0.1) is 11.8 Å². The van der Waals surface area contributed by atoms with Crippen LogP contribution in [0.25, 0.3) is 0 Å². The van der Waals surface area contributed by atoms with Crippen LogP contribution >= 0.6 is 23.5 Å². The summed E-state index contributed by atoms with van der Waals surface area (Å²) < 4.78 is 0.802. The molecule has 5 nitrogen and oxygen atoms in total. The molecule has 1 aliphatic rings. The van der Waals surface area contributed by atoms with E-state index in [9.17, 15) is 0 Å². The number of carboxylic acid groups (broad SMARTS) is 2. The molecule has 0 saturated carbocycles. The average Bonchev–Trinajstić information content (AvgIpc) is 2.74. The fourth-order valence-electron chi connectivity index (χ4n) is 2.60. The summed E-state index contributed by atoms with van der Waals surface area (Å²) in [5, 5.41) is 18.2. The Morgan fingerprint density at radius 1 is 1.00 bits per heavy atom. The number of hydrogen-bond acceptors (Lipinski definition) is 5. The van der Waals surface area contributed by atoms with Gasteiger partial charge in [0.05, 0.1) is 11.1 Å². The van der Waals surface area contributed by atoms with Gasteiger partial charge in [-0.2, -0.15) is 0 Å². The van der Waals surface area contributed by atoms with Gasteiger partial charge in [-0.25, -0.2) is 9.59 Å². The number of hydrogen-bond donors (Lipinski definition) is 3. The largest absolute Gasteiger partial charge is 0.473 e. The summed E-state index contributed by atoms with van der Waals surface area (Å²) in [6.45, 7) is 1.95. The van der Waals surface area contributed by atoms with Gasteiger partial charge in [0.2, 0.25) is 0 Å². The van der Waals surface area contributed by atoms with Crippen molar-refractivity contribution in [2.24, 2.45) is 0 Å². The van der Waals surface area contributed by atoms with Gasteiger partial charge in [0.15, 0.2) is 0 Å². The van der Waals surface area contributed by atoms with E-state index in [1.807, 2.05) is 0 Å². The molecule has 0 radical (unpaired) electrons. The van der Waals surface area contributed by atoms with Crippen molar-refractivity contribution in [1.82, 2.24) is 5.32 Å². The lowest BCUT2D eigenvalue weighted by Gasteiger charge is -2.19. The zero-order chi connectivity index (χ0) is 21.2. The van der Waals surface area contributed by atoms with E-state index in [1.165, 1.54) is 55.6 Å². The quantitative estimate of drug-likeness (QED) is 0.304. The maximum atomic E-state index is 9.10. The summed E-state index contributed by atoms with van der Waals surface area (Å²) in [5.41, 5.74) is 1.46. The number of aryl methyl sites for hydroxylation is 1. The van der Waals surface area contributed by atoms with Crippen molar-refractivity contribution in [3.05, 3.63) is 35.9 Å². The Kier molecular flexibility index (Phi) is 15.1. The highest BCUT2D eigenvalue weighted by atomic mass is 32.2. The predicted octanol–water partition coefficient (Wildman–Crippen LogP) is 4.12. The molecule has 29 heavy (non-hydrogen) atoms. The zero-order valence-corrected chi connectivity index (χ0v) is 18.4. The van der Waals surface area contributed by atoms with Gasteiger partial charge in [-0.3, -0.25) is 0 Å². The second-order valence-corrected chi connectivity index (χ2v) is 9.42. The maximum Gasteiger partial charge on any atom is 0.414 e. The monoisotopic (exact) mass is 437 g/mol.